The lowest BCUT2D eigenvalue weighted by Gasteiger charge is -2.15. The Morgan fingerprint density at radius 1 is 1.17 bits per heavy atom. The highest BCUT2D eigenvalue weighted by Crippen LogP contribution is 2.32. The Labute approximate surface area is 118 Å². The molecule has 0 amide bonds. The van der Waals surface area contributed by atoms with Crippen molar-refractivity contribution in [2.75, 3.05) is 37.2 Å². The number of nitrogens with two attached hydrogens (primary N) is 1. The Hall–Kier alpha value is -0.640. The molecule has 1 aliphatic rings. The number of nitrogens with one attached hydrogen (secondary N) is 1. The largest absolute Gasteiger partial charge is 0.399 e. The summed E-state index contributed by atoms with van der Waals surface area (Å²) in [4.78, 5) is 2.49. The Morgan fingerprint density at radius 3 is 2.39 bits per heavy atom. The Morgan fingerprint density at radius 2 is 1.78 bits per heavy atom. The minimum atomic E-state index is 0.584. The number of hydrogen-bond donors (Lipinski definition) is 2. The van der Waals surface area contributed by atoms with Crippen LogP contribution in [0.2, 0.25) is 10.0 Å². The molecule has 3 nitrogen and oxygen atoms in total. The lowest BCUT2D eigenvalue weighted by molar-refractivity contribution is 0.337. The molecule has 1 aliphatic heterocycles. The van der Waals surface area contributed by atoms with Crippen LogP contribution in [-0.2, 0) is 0 Å². The van der Waals surface area contributed by atoms with E-state index in [-0.39, 0.29) is 0 Å². The van der Waals surface area contributed by atoms with Gasteiger partial charge in [-0.1, -0.05) is 23.2 Å². The van der Waals surface area contributed by atoms with Crippen molar-refractivity contribution in [2.45, 2.75) is 19.3 Å². The summed E-state index contributed by atoms with van der Waals surface area (Å²) >= 11 is 12.2. The summed E-state index contributed by atoms with van der Waals surface area (Å²) in [5.74, 6) is 0. The van der Waals surface area contributed by atoms with Crippen LogP contribution < -0.4 is 11.1 Å². The average molecular weight is 288 g/mol. The molecular formula is C13H19Cl2N3. The molecule has 1 aromatic rings. The first kappa shape index (κ1) is 13.8. The zero-order chi connectivity index (χ0) is 13.0. The van der Waals surface area contributed by atoms with Gasteiger partial charge in [-0.2, -0.15) is 0 Å². The fraction of sp³-hybridized carbons (Fsp3) is 0.538. The molecule has 0 radical (unpaired) electrons. The molecule has 5 heteroatoms. The first-order chi connectivity index (χ1) is 8.66. The van der Waals surface area contributed by atoms with Gasteiger partial charge in [-0.3, -0.25) is 0 Å². The second-order valence-corrected chi connectivity index (χ2v) is 5.50. The van der Waals surface area contributed by atoms with Crippen LogP contribution in [0.25, 0.3) is 0 Å². The van der Waals surface area contributed by atoms with E-state index in [1.807, 2.05) is 0 Å². The van der Waals surface area contributed by atoms with Crippen molar-refractivity contribution in [1.82, 2.24) is 4.90 Å². The highest BCUT2D eigenvalue weighted by Gasteiger charge is 2.11. The van der Waals surface area contributed by atoms with Gasteiger partial charge >= 0.3 is 0 Å². The zero-order valence-electron chi connectivity index (χ0n) is 10.4. The number of benzene rings is 1. The fourth-order valence-electron chi connectivity index (χ4n) is 2.28. The van der Waals surface area contributed by atoms with Gasteiger partial charge in [0, 0.05) is 12.2 Å². The van der Waals surface area contributed by atoms with Crippen LogP contribution in [-0.4, -0.2) is 31.1 Å². The highest BCUT2D eigenvalue weighted by atomic mass is 35.5. The Bertz CT molecular complexity index is 380. The van der Waals surface area contributed by atoms with Gasteiger partial charge < -0.3 is 16.0 Å². The molecule has 0 saturated carbocycles. The van der Waals surface area contributed by atoms with Gasteiger partial charge in [0.1, 0.15) is 0 Å². The molecule has 0 atom stereocenters. The molecule has 2 rings (SSSR count). The van der Waals surface area contributed by atoms with E-state index in [0.29, 0.717) is 15.7 Å². The maximum atomic E-state index is 6.10. The molecule has 0 aromatic heterocycles. The molecule has 100 valence electrons. The van der Waals surface area contributed by atoms with Crippen molar-refractivity contribution in [3.63, 3.8) is 0 Å². The van der Waals surface area contributed by atoms with Crippen molar-refractivity contribution < 1.29 is 0 Å². The average Bonchev–Trinajstić information content (AvgIpc) is 2.79. The Kier molecular flexibility index (Phi) is 4.98. The predicted molar refractivity (Wildman–Crippen MR) is 79.7 cm³/mol. The first-order valence-electron chi connectivity index (χ1n) is 6.37. The monoisotopic (exact) mass is 287 g/mol. The van der Waals surface area contributed by atoms with Gasteiger partial charge in [0.15, 0.2) is 0 Å². The quantitative estimate of drug-likeness (QED) is 0.644. The number of nitrogen functional groups attached to an aromatic ring is 1. The second-order valence-electron chi connectivity index (χ2n) is 4.69. The summed E-state index contributed by atoms with van der Waals surface area (Å²) < 4.78 is 0. The van der Waals surface area contributed by atoms with Gasteiger partial charge in [0.2, 0.25) is 0 Å². The summed E-state index contributed by atoms with van der Waals surface area (Å²) in [5.41, 5.74) is 7.04. The van der Waals surface area contributed by atoms with Gasteiger partial charge in [0.25, 0.3) is 0 Å². The number of halogens is 2. The van der Waals surface area contributed by atoms with Gasteiger partial charge in [-0.25, -0.2) is 0 Å². The molecule has 1 heterocycles. The molecule has 3 N–H and O–H groups in total. The third-order valence-electron chi connectivity index (χ3n) is 3.22. The number of anilines is 2. The van der Waals surface area contributed by atoms with E-state index in [1.165, 1.54) is 25.9 Å². The number of nitrogens with zero attached hydrogens (tertiary/aromatic N) is 1. The molecule has 1 fully saturated rings. The molecule has 0 unspecified atom stereocenters. The van der Waals surface area contributed by atoms with Crippen LogP contribution in [0.4, 0.5) is 11.4 Å². The second kappa shape index (κ2) is 6.50. The van der Waals surface area contributed by atoms with Crippen LogP contribution >= 0.6 is 23.2 Å². The van der Waals surface area contributed by atoms with Crippen molar-refractivity contribution in [2.24, 2.45) is 0 Å². The van der Waals surface area contributed by atoms with Crippen molar-refractivity contribution in [1.29, 1.82) is 0 Å². The van der Waals surface area contributed by atoms with E-state index >= 15 is 0 Å². The van der Waals surface area contributed by atoms with Crippen molar-refractivity contribution >= 4 is 34.6 Å². The lowest BCUT2D eigenvalue weighted by atomic mass is 10.2. The molecule has 1 saturated heterocycles. The normalized spacial score (nSPS) is 16.1. The third-order valence-corrected chi connectivity index (χ3v) is 3.81. The maximum Gasteiger partial charge on any atom is 0.0720 e. The van der Waals surface area contributed by atoms with Crippen molar-refractivity contribution in [3.8, 4) is 0 Å². The molecule has 1 aromatic carbocycles. The van der Waals surface area contributed by atoms with E-state index in [0.717, 1.165) is 25.2 Å². The Balaban J connectivity index is 1.79. The smallest absolute Gasteiger partial charge is 0.0720 e. The topological polar surface area (TPSA) is 41.3 Å². The van der Waals surface area contributed by atoms with E-state index in [2.05, 4.69) is 10.2 Å². The van der Waals surface area contributed by atoms with Crippen LogP contribution in [0, 0.1) is 0 Å². The SMILES string of the molecule is Nc1cc(Cl)c(NCCCN2CCCC2)c(Cl)c1. The highest BCUT2D eigenvalue weighted by molar-refractivity contribution is 6.39. The summed E-state index contributed by atoms with van der Waals surface area (Å²) in [6, 6.07) is 3.44. The van der Waals surface area contributed by atoms with Crippen molar-refractivity contribution in [3.05, 3.63) is 22.2 Å². The zero-order valence-corrected chi connectivity index (χ0v) is 11.9. The van der Waals surface area contributed by atoms with E-state index < -0.39 is 0 Å². The van der Waals surface area contributed by atoms with E-state index in [4.69, 9.17) is 28.9 Å². The summed E-state index contributed by atoms with van der Waals surface area (Å²) in [6.07, 6.45) is 3.77. The summed E-state index contributed by atoms with van der Waals surface area (Å²) in [5, 5.41) is 4.46. The van der Waals surface area contributed by atoms with Crippen LogP contribution in [0.15, 0.2) is 12.1 Å². The summed E-state index contributed by atoms with van der Waals surface area (Å²) in [6.45, 7) is 4.49. The predicted octanol–water partition coefficient (Wildman–Crippen LogP) is 3.47. The fourth-order valence-corrected chi connectivity index (χ4v) is 2.92. The molecular weight excluding hydrogens is 269 g/mol. The third kappa shape index (κ3) is 3.67. The lowest BCUT2D eigenvalue weighted by Crippen LogP contribution is -2.22. The maximum absolute atomic E-state index is 6.10. The first-order valence-corrected chi connectivity index (χ1v) is 7.13. The van der Waals surface area contributed by atoms with Gasteiger partial charge in [-0.15, -0.1) is 0 Å². The van der Waals surface area contributed by atoms with Crippen LogP contribution in [0.5, 0.6) is 0 Å². The van der Waals surface area contributed by atoms with Gasteiger partial charge in [-0.05, 0) is 51.0 Å². The molecule has 18 heavy (non-hydrogen) atoms. The standard InChI is InChI=1S/C13H19Cl2N3/c14-11-8-10(16)9-12(15)13(11)17-4-3-7-18-5-1-2-6-18/h8-9,17H,1-7,16H2. The van der Waals surface area contributed by atoms with Gasteiger partial charge in [0.05, 0.1) is 15.7 Å². The molecule has 0 bridgehead atoms. The van der Waals surface area contributed by atoms with E-state index in [1.54, 1.807) is 12.1 Å². The van der Waals surface area contributed by atoms with E-state index in [9.17, 15) is 0 Å². The van der Waals surface area contributed by atoms with Crippen LogP contribution in [0.3, 0.4) is 0 Å². The number of hydrogen-bond acceptors (Lipinski definition) is 3. The molecule has 0 aliphatic carbocycles. The molecule has 0 spiro atoms. The number of likely N-dealkylation sites (tertiary alicyclic amines) is 1. The van der Waals surface area contributed by atoms with Crippen LogP contribution in [0.1, 0.15) is 19.3 Å². The summed E-state index contributed by atoms with van der Waals surface area (Å²) in [7, 11) is 0. The minimum absolute atomic E-state index is 0.584. The minimum Gasteiger partial charge on any atom is -0.399 e. The number of rotatable bonds is 5.